The lowest BCUT2D eigenvalue weighted by Crippen LogP contribution is -2.11. The van der Waals surface area contributed by atoms with E-state index >= 15 is 0 Å². The van der Waals surface area contributed by atoms with Crippen LogP contribution in [-0.2, 0) is 4.79 Å². The molecule has 0 aliphatic rings. The second-order valence-corrected chi connectivity index (χ2v) is 1.36. The van der Waals surface area contributed by atoms with Gasteiger partial charge in [0.25, 0.3) is 0 Å². The SMILES string of the molecule is C=N/C=C(\C)C(N)=O. The van der Waals surface area contributed by atoms with Crippen molar-refractivity contribution in [1.82, 2.24) is 0 Å². The summed E-state index contributed by atoms with van der Waals surface area (Å²) in [5.74, 6) is -0.461. The zero-order valence-corrected chi connectivity index (χ0v) is 4.72. The second kappa shape index (κ2) is 2.96. The number of rotatable bonds is 2. The van der Waals surface area contributed by atoms with E-state index < -0.39 is 5.91 Å². The number of nitrogens with zero attached hydrogens (tertiary/aromatic N) is 1. The molecule has 0 saturated heterocycles. The number of nitrogens with two attached hydrogens (primary N) is 1. The highest BCUT2D eigenvalue weighted by Gasteiger charge is 1.92. The first-order valence-corrected chi connectivity index (χ1v) is 2.11. The third kappa shape index (κ3) is 2.12. The Kier molecular flexibility index (Phi) is 2.54. The summed E-state index contributed by atoms with van der Waals surface area (Å²) < 4.78 is 0. The van der Waals surface area contributed by atoms with Gasteiger partial charge in [0, 0.05) is 11.8 Å². The number of primary amides is 1. The normalized spacial score (nSPS) is 10.9. The quantitative estimate of drug-likeness (QED) is 0.399. The Hall–Kier alpha value is -1.12. The maximum Gasteiger partial charge on any atom is 0.245 e. The average molecular weight is 112 g/mol. The van der Waals surface area contributed by atoms with Crippen molar-refractivity contribution in [2.75, 3.05) is 0 Å². The molecule has 0 atom stereocenters. The Balaban J connectivity index is 3.99. The molecule has 0 heterocycles. The third-order valence-corrected chi connectivity index (χ3v) is 0.674. The van der Waals surface area contributed by atoms with Gasteiger partial charge in [0.2, 0.25) is 5.91 Å². The van der Waals surface area contributed by atoms with Gasteiger partial charge in [-0.1, -0.05) is 0 Å². The summed E-state index contributed by atoms with van der Waals surface area (Å²) >= 11 is 0. The molecule has 0 aromatic carbocycles. The Morgan fingerprint density at radius 2 is 2.38 bits per heavy atom. The molecule has 0 aliphatic carbocycles. The molecule has 0 rings (SSSR count). The van der Waals surface area contributed by atoms with Crippen molar-refractivity contribution < 1.29 is 4.79 Å². The Bertz CT molecular complexity index is 137. The van der Waals surface area contributed by atoms with Crippen molar-refractivity contribution >= 4 is 12.6 Å². The van der Waals surface area contributed by atoms with Crippen LogP contribution in [0.2, 0.25) is 0 Å². The van der Waals surface area contributed by atoms with E-state index in [9.17, 15) is 4.79 Å². The zero-order valence-electron chi connectivity index (χ0n) is 4.72. The molecule has 0 aromatic rings. The maximum absolute atomic E-state index is 10.2. The highest BCUT2D eigenvalue weighted by atomic mass is 16.1. The van der Waals surface area contributed by atoms with Crippen LogP contribution in [0.15, 0.2) is 16.8 Å². The summed E-state index contributed by atoms with van der Waals surface area (Å²) in [6, 6.07) is 0. The van der Waals surface area contributed by atoms with Crippen LogP contribution >= 0.6 is 0 Å². The van der Waals surface area contributed by atoms with Crippen molar-refractivity contribution in [3.8, 4) is 0 Å². The standard InChI is InChI=1S/C5H8N2O/c1-4(3-7-2)5(6)8/h3H,2H2,1H3,(H2,6,8)/b4-3+. The molecule has 0 fully saturated rings. The fourth-order valence-electron chi connectivity index (χ4n) is 0.201. The predicted molar refractivity (Wildman–Crippen MR) is 32.5 cm³/mol. The Labute approximate surface area is 47.9 Å². The Morgan fingerprint density at radius 3 is 2.50 bits per heavy atom. The van der Waals surface area contributed by atoms with Crippen LogP contribution in [0.3, 0.4) is 0 Å². The lowest BCUT2D eigenvalue weighted by Gasteiger charge is -1.86. The third-order valence-electron chi connectivity index (χ3n) is 0.674. The minimum Gasteiger partial charge on any atom is -0.366 e. The molecule has 0 aromatic heterocycles. The first-order chi connectivity index (χ1) is 3.68. The van der Waals surface area contributed by atoms with Crippen molar-refractivity contribution in [2.45, 2.75) is 6.92 Å². The van der Waals surface area contributed by atoms with E-state index in [0.717, 1.165) is 0 Å². The van der Waals surface area contributed by atoms with Gasteiger partial charge in [0.05, 0.1) is 0 Å². The molecule has 44 valence electrons. The molecular formula is C5H8N2O. The lowest BCUT2D eigenvalue weighted by molar-refractivity contribution is -0.114. The molecule has 1 amide bonds. The summed E-state index contributed by atoms with van der Waals surface area (Å²) in [6.45, 7) is 4.73. The van der Waals surface area contributed by atoms with Gasteiger partial charge in [-0.2, -0.15) is 0 Å². The van der Waals surface area contributed by atoms with Crippen molar-refractivity contribution in [3.05, 3.63) is 11.8 Å². The number of hydrogen-bond donors (Lipinski definition) is 1. The van der Waals surface area contributed by atoms with E-state index in [1.165, 1.54) is 6.20 Å². The number of carbonyl (C=O) groups is 1. The number of hydrogen-bond acceptors (Lipinski definition) is 2. The molecule has 3 nitrogen and oxygen atoms in total. The van der Waals surface area contributed by atoms with E-state index in [0.29, 0.717) is 5.57 Å². The zero-order chi connectivity index (χ0) is 6.57. The number of carbonyl (C=O) groups excluding carboxylic acids is 1. The highest BCUT2D eigenvalue weighted by molar-refractivity contribution is 5.91. The average Bonchev–Trinajstić information content (AvgIpc) is 1.67. The predicted octanol–water partition coefficient (Wildman–Crippen LogP) is 0.0761. The van der Waals surface area contributed by atoms with Crippen LogP contribution in [0.25, 0.3) is 0 Å². The van der Waals surface area contributed by atoms with Crippen molar-refractivity contribution in [1.29, 1.82) is 0 Å². The summed E-state index contributed by atoms with van der Waals surface area (Å²) in [5.41, 5.74) is 5.24. The summed E-state index contributed by atoms with van der Waals surface area (Å²) in [5, 5.41) is 0. The number of aliphatic imine (C=N–C) groups is 1. The molecule has 2 N–H and O–H groups in total. The van der Waals surface area contributed by atoms with Crippen LogP contribution in [0.4, 0.5) is 0 Å². The smallest absolute Gasteiger partial charge is 0.245 e. The van der Waals surface area contributed by atoms with Gasteiger partial charge in [-0.3, -0.25) is 9.79 Å². The van der Waals surface area contributed by atoms with E-state index in [-0.39, 0.29) is 0 Å². The minimum atomic E-state index is -0.461. The number of amides is 1. The van der Waals surface area contributed by atoms with E-state index in [2.05, 4.69) is 11.7 Å². The van der Waals surface area contributed by atoms with Crippen LogP contribution in [0.5, 0.6) is 0 Å². The Morgan fingerprint density at radius 1 is 1.88 bits per heavy atom. The van der Waals surface area contributed by atoms with Gasteiger partial charge in [-0.15, -0.1) is 0 Å². The molecule has 0 aliphatic heterocycles. The topological polar surface area (TPSA) is 55.4 Å². The van der Waals surface area contributed by atoms with Gasteiger partial charge in [0.15, 0.2) is 0 Å². The molecule has 0 spiro atoms. The van der Waals surface area contributed by atoms with Gasteiger partial charge in [-0.05, 0) is 13.6 Å². The summed E-state index contributed by atoms with van der Waals surface area (Å²) in [7, 11) is 0. The molecule has 0 radical (unpaired) electrons. The van der Waals surface area contributed by atoms with Crippen molar-refractivity contribution in [3.63, 3.8) is 0 Å². The largest absolute Gasteiger partial charge is 0.366 e. The fraction of sp³-hybridized carbons (Fsp3) is 0.200. The highest BCUT2D eigenvalue weighted by Crippen LogP contribution is 1.87. The molecule has 0 unspecified atom stereocenters. The van der Waals surface area contributed by atoms with Crippen molar-refractivity contribution in [2.24, 2.45) is 10.7 Å². The molecule has 0 saturated carbocycles. The van der Waals surface area contributed by atoms with Crippen LogP contribution in [0.1, 0.15) is 6.92 Å². The maximum atomic E-state index is 10.2. The molecule has 0 bridgehead atoms. The first-order valence-electron chi connectivity index (χ1n) is 2.11. The van der Waals surface area contributed by atoms with E-state index in [4.69, 9.17) is 5.73 Å². The van der Waals surface area contributed by atoms with Crippen LogP contribution in [0, 0.1) is 0 Å². The van der Waals surface area contributed by atoms with Gasteiger partial charge in [-0.25, -0.2) is 0 Å². The first kappa shape index (κ1) is 6.88. The molecular weight excluding hydrogens is 104 g/mol. The van der Waals surface area contributed by atoms with E-state index in [1.807, 2.05) is 0 Å². The minimum absolute atomic E-state index is 0.417. The van der Waals surface area contributed by atoms with Crippen LogP contribution < -0.4 is 5.73 Å². The monoisotopic (exact) mass is 112 g/mol. The lowest BCUT2D eigenvalue weighted by atomic mass is 10.3. The van der Waals surface area contributed by atoms with Gasteiger partial charge >= 0.3 is 0 Å². The molecule has 3 heteroatoms. The van der Waals surface area contributed by atoms with Crippen LogP contribution in [-0.4, -0.2) is 12.6 Å². The fourth-order valence-corrected chi connectivity index (χ4v) is 0.201. The molecule has 8 heavy (non-hydrogen) atoms. The van der Waals surface area contributed by atoms with E-state index in [1.54, 1.807) is 6.92 Å². The van der Waals surface area contributed by atoms with Gasteiger partial charge < -0.3 is 5.73 Å². The second-order valence-electron chi connectivity index (χ2n) is 1.36. The summed E-state index contributed by atoms with van der Waals surface area (Å²) in [4.78, 5) is 13.5. The summed E-state index contributed by atoms with van der Waals surface area (Å²) in [6.07, 6.45) is 1.32. The van der Waals surface area contributed by atoms with Gasteiger partial charge in [0.1, 0.15) is 0 Å².